The molecule has 0 heterocycles. The van der Waals surface area contributed by atoms with Crippen LogP contribution in [0.1, 0.15) is 132 Å². The molecule has 4 aromatic rings. The SMILES string of the molecule is CCCC[Si](CCCC)(CCCC)c1ccc(P(c2ccc([Si](CCCC)(CCCC)CCCC)cc2)N(C(C)C)P(c2ccccc2[Si](C)(C)C)c2ccccc2[Si](C)(C)C)cc1. The molecule has 0 radical (unpaired) electrons. The molecule has 0 atom stereocenters. The summed E-state index contributed by atoms with van der Waals surface area (Å²) in [5, 5.41) is 13.0. The lowest BCUT2D eigenvalue weighted by molar-refractivity contribution is 0.583. The molecule has 0 spiro atoms. The first-order valence-electron chi connectivity index (χ1n) is 26.4. The highest BCUT2D eigenvalue weighted by atomic mass is 31.2. The molecule has 0 saturated heterocycles. The second-order valence-corrected chi connectivity index (χ2v) is 45.6. The Morgan fingerprint density at radius 3 is 0.922 bits per heavy atom. The Balaban J connectivity index is 2.11. The van der Waals surface area contributed by atoms with E-state index in [9.17, 15) is 0 Å². The minimum Gasteiger partial charge on any atom is -0.242 e. The van der Waals surface area contributed by atoms with Crippen LogP contribution in [0.3, 0.4) is 0 Å². The van der Waals surface area contributed by atoms with E-state index in [0.29, 0.717) is 6.04 Å². The normalized spacial score (nSPS) is 13.0. The summed E-state index contributed by atoms with van der Waals surface area (Å²) < 4.78 is 3.11. The van der Waals surface area contributed by atoms with E-state index in [4.69, 9.17) is 0 Å². The van der Waals surface area contributed by atoms with Crippen molar-refractivity contribution >= 4 is 90.4 Å². The number of hydrogen-bond acceptors (Lipinski definition) is 1. The average Bonchev–Trinajstić information content (AvgIpc) is 3.28. The van der Waals surface area contributed by atoms with Crippen LogP contribution in [0.2, 0.25) is 75.5 Å². The van der Waals surface area contributed by atoms with E-state index < -0.39 is 48.4 Å². The Labute approximate surface area is 403 Å². The highest BCUT2D eigenvalue weighted by Crippen LogP contribution is 2.56. The monoisotopic (exact) mass is 968 g/mol. The van der Waals surface area contributed by atoms with Gasteiger partial charge in [0, 0.05) is 22.2 Å². The van der Waals surface area contributed by atoms with Crippen LogP contribution in [-0.4, -0.2) is 42.8 Å². The van der Waals surface area contributed by atoms with E-state index in [1.54, 1.807) is 42.0 Å². The summed E-state index contributed by atoms with van der Waals surface area (Å²) in [5.41, 5.74) is 0. The minimum atomic E-state index is -1.72. The first-order chi connectivity index (χ1) is 30.6. The van der Waals surface area contributed by atoms with E-state index in [1.165, 1.54) is 113 Å². The van der Waals surface area contributed by atoms with Crippen molar-refractivity contribution in [2.75, 3.05) is 0 Å². The highest BCUT2D eigenvalue weighted by Gasteiger charge is 2.40. The van der Waals surface area contributed by atoms with Crippen molar-refractivity contribution in [3.8, 4) is 0 Å². The van der Waals surface area contributed by atoms with Crippen LogP contribution in [-0.2, 0) is 0 Å². The quantitative estimate of drug-likeness (QED) is 0.0387. The predicted molar refractivity (Wildman–Crippen MR) is 310 cm³/mol. The predicted octanol–water partition coefficient (Wildman–Crippen LogP) is 15.0. The van der Waals surface area contributed by atoms with Crippen molar-refractivity contribution in [3.63, 3.8) is 0 Å². The van der Waals surface area contributed by atoms with Gasteiger partial charge in [-0.25, -0.2) is 4.44 Å². The molecule has 0 saturated carbocycles. The first kappa shape index (κ1) is 55.2. The van der Waals surface area contributed by atoms with Crippen molar-refractivity contribution < 1.29 is 0 Å². The van der Waals surface area contributed by atoms with Gasteiger partial charge in [-0.2, -0.15) is 0 Å². The lowest BCUT2D eigenvalue weighted by atomic mass is 10.3. The molecule has 0 aliphatic rings. The largest absolute Gasteiger partial charge is 0.242 e. The average molecular weight is 969 g/mol. The minimum absolute atomic E-state index is 0.347. The molecular weight excluding hydrogens is 873 g/mol. The van der Waals surface area contributed by atoms with Crippen molar-refractivity contribution in [1.29, 1.82) is 0 Å². The number of unbranched alkanes of at least 4 members (excludes halogenated alkanes) is 6. The summed E-state index contributed by atoms with van der Waals surface area (Å²) in [4.78, 5) is 0. The van der Waals surface area contributed by atoms with Gasteiger partial charge >= 0.3 is 0 Å². The third kappa shape index (κ3) is 14.3. The molecule has 0 bridgehead atoms. The third-order valence-electron chi connectivity index (χ3n) is 14.3. The summed E-state index contributed by atoms with van der Waals surface area (Å²) in [6.07, 6.45) is 16.1. The topological polar surface area (TPSA) is 3.24 Å². The second kappa shape index (κ2) is 26.4. The van der Waals surface area contributed by atoms with Crippen molar-refractivity contribution in [3.05, 3.63) is 97.1 Å². The van der Waals surface area contributed by atoms with Gasteiger partial charge in [-0.05, 0) is 35.1 Å². The van der Waals surface area contributed by atoms with Gasteiger partial charge in [-0.1, -0.05) is 312 Å². The van der Waals surface area contributed by atoms with E-state index in [1.807, 2.05) is 0 Å². The zero-order chi connectivity index (χ0) is 47.0. The van der Waals surface area contributed by atoms with E-state index >= 15 is 0 Å². The molecule has 0 aliphatic heterocycles. The summed E-state index contributed by atoms with van der Waals surface area (Å²) in [5.74, 6) is 0. The van der Waals surface area contributed by atoms with E-state index in [2.05, 4.69) is 196 Å². The number of rotatable bonds is 29. The van der Waals surface area contributed by atoms with Crippen LogP contribution < -0.4 is 42.0 Å². The van der Waals surface area contributed by atoms with Gasteiger partial charge in [-0.15, -0.1) is 0 Å². The van der Waals surface area contributed by atoms with Gasteiger partial charge in [-0.3, -0.25) is 0 Å². The molecule has 0 unspecified atom stereocenters. The highest BCUT2D eigenvalue weighted by molar-refractivity contribution is 7.85. The molecule has 0 aromatic heterocycles. The number of hydrogen-bond donors (Lipinski definition) is 0. The van der Waals surface area contributed by atoms with Crippen molar-refractivity contribution in [2.24, 2.45) is 0 Å². The van der Waals surface area contributed by atoms with Gasteiger partial charge in [0.05, 0.1) is 32.3 Å². The fourth-order valence-electron chi connectivity index (χ4n) is 10.5. The summed E-state index contributed by atoms with van der Waals surface area (Å²) in [7, 11) is -8.49. The molecule has 1 nitrogen and oxygen atoms in total. The first-order valence-corrected chi connectivity index (χ1v) is 41.2. The zero-order valence-corrected chi connectivity index (χ0v) is 49.7. The zero-order valence-electron chi connectivity index (χ0n) is 43.9. The third-order valence-corrected chi connectivity index (χ3v) is 35.8. The number of nitrogens with zero attached hydrogens (tertiary/aromatic N) is 1. The summed E-state index contributed by atoms with van der Waals surface area (Å²) >= 11 is 0. The van der Waals surface area contributed by atoms with Crippen LogP contribution in [0, 0.1) is 0 Å². The van der Waals surface area contributed by atoms with Crippen molar-refractivity contribution in [1.82, 2.24) is 4.44 Å². The molecule has 0 N–H and O–H groups in total. The molecule has 7 heteroatoms. The fourth-order valence-corrected chi connectivity index (χ4v) is 33.4. The Bertz CT molecular complexity index is 1750. The van der Waals surface area contributed by atoms with Crippen LogP contribution >= 0.6 is 16.1 Å². The fraction of sp³-hybridized carbons (Fsp3) is 0.579. The molecule has 64 heavy (non-hydrogen) atoms. The van der Waals surface area contributed by atoms with E-state index in [-0.39, 0.29) is 0 Å². The van der Waals surface area contributed by atoms with Gasteiger partial charge < -0.3 is 0 Å². The van der Waals surface area contributed by atoms with Crippen molar-refractivity contribution in [2.45, 2.75) is 214 Å². The van der Waals surface area contributed by atoms with Gasteiger partial charge in [0.15, 0.2) is 0 Å². The smallest absolute Gasteiger partial charge is 0.0867 e. The molecule has 354 valence electrons. The molecular formula is C57H95NP2Si4. The van der Waals surface area contributed by atoms with Gasteiger partial charge in [0.25, 0.3) is 0 Å². The summed E-state index contributed by atoms with van der Waals surface area (Å²) in [6, 6.07) is 50.0. The Morgan fingerprint density at radius 1 is 0.391 bits per heavy atom. The molecule has 0 amide bonds. The second-order valence-electron chi connectivity index (χ2n) is 21.8. The van der Waals surface area contributed by atoms with Crippen LogP contribution in [0.15, 0.2) is 97.1 Å². The van der Waals surface area contributed by atoms with Crippen LogP contribution in [0.25, 0.3) is 0 Å². The van der Waals surface area contributed by atoms with Gasteiger partial charge in [0.1, 0.15) is 0 Å². The lowest BCUT2D eigenvalue weighted by Crippen LogP contribution is -2.53. The Morgan fingerprint density at radius 2 is 0.672 bits per heavy atom. The van der Waals surface area contributed by atoms with E-state index in [0.717, 1.165) is 0 Å². The molecule has 4 rings (SSSR count). The molecule has 0 fully saturated rings. The van der Waals surface area contributed by atoms with Gasteiger partial charge in [0.2, 0.25) is 0 Å². The van der Waals surface area contributed by atoms with Crippen LogP contribution in [0.5, 0.6) is 0 Å². The maximum Gasteiger partial charge on any atom is 0.0867 e. The molecule has 0 aliphatic carbocycles. The standard InChI is InChI=1S/C57H95NP2Si4/c1-15-21-43-63(44-22-16-2,45-23-17-3)52-39-35-50(36-40-52)59(51-37-41-53(42-38-51)64(46-24-18-4,47-25-19-5)48-26-20-6)58(49(7)8)60(54-31-27-29-33-56(54)61(9,10)11)55-32-28-30-34-57(55)62(12,13)14/h27-42,49H,15-26,43-48H2,1-14H3. The lowest BCUT2D eigenvalue weighted by Gasteiger charge is -2.44. The van der Waals surface area contributed by atoms with Crippen LogP contribution in [0.4, 0.5) is 0 Å². The summed E-state index contributed by atoms with van der Waals surface area (Å²) in [6.45, 7) is 34.9. The maximum atomic E-state index is 3.11. The number of benzene rings is 4. The Kier molecular flexibility index (Phi) is 22.7. The molecule has 4 aromatic carbocycles. The maximum absolute atomic E-state index is 3.11. The Hall–Kier alpha value is -1.43.